The van der Waals surface area contributed by atoms with Crippen LogP contribution in [0.4, 0.5) is 0 Å². The first-order chi connectivity index (χ1) is 16.6. The minimum Gasteiger partial charge on any atom is -0.497 e. The Labute approximate surface area is 204 Å². The van der Waals surface area contributed by atoms with Gasteiger partial charge in [0.25, 0.3) is 5.91 Å². The fourth-order valence-corrected chi connectivity index (χ4v) is 4.91. The zero-order valence-electron chi connectivity index (χ0n) is 20.3. The molecule has 3 rings (SSSR count). The molecule has 0 radical (unpaired) electrons. The normalized spacial score (nSPS) is 13.1. The van der Waals surface area contributed by atoms with Gasteiger partial charge in [-0.1, -0.05) is 0 Å². The number of pyridine rings is 1. The molecule has 2 unspecified atom stereocenters. The van der Waals surface area contributed by atoms with Crippen molar-refractivity contribution in [1.29, 1.82) is 0 Å². The van der Waals surface area contributed by atoms with E-state index < -0.39 is 28.5 Å². The van der Waals surface area contributed by atoms with Crippen molar-refractivity contribution in [2.24, 2.45) is 11.1 Å². The lowest BCUT2D eigenvalue weighted by Gasteiger charge is -2.17. The van der Waals surface area contributed by atoms with Crippen molar-refractivity contribution in [2.45, 2.75) is 24.8 Å². The van der Waals surface area contributed by atoms with Gasteiger partial charge in [-0.2, -0.15) is 0 Å². The first kappa shape index (κ1) is 25.8. The molecule has 0 aliphatic carbocycles. The van der Waals surface area contributed by atoms with Crippen LogP contribution in [0.5, 0.6) is 11.5 Å². The van der Waals surface area contributed by atoms with E-state index in [1.807, 2.05) is 13.8 Å². The number of nitrogens with zero attached hydrogens (tertiary/aromatic N) is 5. The number of benzene rings is 1. The number of aromatic nitrogens is 3. The van der Waals surface area contributed by atoms with Crippen LogP contribution < -0.4 is 9.47 Å². The summed E-state index contributed by atoms with van der Waals surface area (Å²) >= 11 is 0. The highest BCUT2D eigenvalue weighted by molar-refractivity contribution is 7.84. The number of fused-ring (bicyclic) bond motifs is 1. The Balaban J connectivity index is 2.16. The second kappa shape index (κ2) is 10.6. The Bertz CT molecular complexity index is 1330. The number of amides is 1. The maximum absolute atomic E-state index is 13.6. The molecular weight excluding hydrogens is 474 g/mol. The van der Waals surface area contributed by atoms with Gasteiger partial charge in [0.05, 0.1) is 53.7 Å². The van der Waals surface area contributed by atoms with E-state index in [4.69, 9.17) is 14.7 Å². The molecule has 0 fully saturated rings. The van der Waals surface area contributed by atoms with Gasteiger partial charge in [-0.3, -0.25) is 23.3 Å². The van der Waals surface area contributed by atoms with Crippen LogP contribution in [-0.4, -0.2) is 75.2 Å². The lowest BCUT2D eigenvalue weighted by atomic mass is 10.1. The van der Waals surface area contributed by atoms with Crippen LogP contribution in [0.1, 0.15) is 21.6 Å². The van der Waals surface area contributed by atoms with Gasteiger partial charge >= 0.3 is 0 Å². The molecule has 2 atom stereocenters. The maximum atomic E-state index is 13.6. The summed E-state index contributed by atoms with van der Waals surface area (Å²) < 4.78 is 25.4. The SMILES string of the molecule is COc1ccc2c(c1)nc(S(=O)Cc1ncc(C)c(OC)c1C)n2C(=O)C(/C=N/O)C(=O)N(C)C. The molecule has 0 aliphatic heterocycles. The van der Waals surface area contributed by atoms with Crippen molar-refractivity contribution in [3.8, 4) is 11.5 Å². The van der Waals surface area contributed by atoms with Crippen molar-refractivity contribution in [3.63, 3.8) is 0 Å². The van der Waals surface area contributed by atoms with Crippen LogP contribution in [-0.2, 0) is 21.3 Å². The van der Waals surface area contributed by atoms with Crippen LogP contribution in [0, 0.1) is 19.8 Å². The van der Waals surface area contributed by atoms with Crippen LogP contribution >= 0.6 is 0 Å². The highest BCUT2D eigenvalue weighted by atomic mass is 32.2. The van der Waals surface area contributed by atoms with Gasteiger partial charge in [-0.05, 0) is 26.0 Å². The van der Waals surface area contributed by atoms with Crippen LogP contribution in [0.2, 0.25) is 0 Å². The third-order valence-electron chi connectivity index (χ3n) is 5.46. The lowest BCUT2D eigenvalue weighted by Crippen LogP contribution is -2.38. The monoisotopic (exact) mass is 501 g/mol. The molecule has 0 saturated heterocycles. The molecule has 0 spiro atoms. The van der Waals surface area contributed by atoms with E-state index >= 15 is 0 Å². The van der Waals surface area contributed by atoms with Crippen LogP contribution in [0.15, 0.2) is 34.7 Å². The molecule has 1 aromatic carbocycles. The predicted octanol–water partition coefficient (Wildman–Crippen LogP) is 2.18. The highest BCUT2D eigenvalue weighted by Gasteiger charge is 2.33. The van der Waals surface area contributed by atoms with Gasteiger partial charge in [0.1, 0.15) is 11.5 Å². The molecule has 186 valence electrons. The number of hydrogen-bond donors (Lipinski definition) is 1. The van der Waals surface area contributed by atoms with E-state index in [9.17, 15) is 13.8 Å². The molecule has 2 aromatic heterocycles. The Morgan fingerprint density at radius 1 is 1.26 bits per heavy atom. The average molecular weight is 502 g/mol. The van der Waals surface area contributed by atoms with E-state index in [1.54, 1.807) is 31.5 Å². The van der Waals surface area contributed by atoms with Crippen molar-refractivity contribution < 1.29 is 28.5 Å². The molecule has 0 aliphatic rings. The molecule has 11 nitrogen and oxygen atoms in total. The number of methoxy groups -OCH3 is 2. The summed E-state index contributed by atoms with van der Waals surface area (Å²) in [6.45, 7) is 3.67. The maximum Gasteiger partial charge on any atom is 0.251 e. The zero-order valence-corrected chi connectivity index (χ0v) is 21.1. The lowest BCUT2D eigenvalue weighted by molar-refractivity contribution is -0.129. The van der Waals surface area contributed by atoms with Gasteiger partial charge in [0, 0.05) is 37.5 Å². The first-order valence-corrected chi connectivity index (χ1v) is 11.8. The van der Waals surface area contributed by atoms with Crippen LogP contribution in [0.3, 0.4) is 0 Å². The van der Waals surface area contributed by atoms with Gasteiger partial charge in [0.2, 0.25) is 11.1 Å². The summed E-state index contributed by atoms with van der Waals surface area (Å²) in [7, 11) is 4.15. The largest absolute Gasteiger partial charge is 0.497 e. The molecular formula is C23H27N5O6S. The summed E-state index contributed by atoms with van der Waals surface area (Å²) in [5.74, 6) is -1.74. The van der Waals surface area contributed by atoms with E-state index in [2.05, 4.69) is 15.1 Å². The molecule has 3 aromatic rings. The topological polar surface area (TPSA) is 136 Å². The van der Waals surface area contributed by atoms with Gasteiger partial charge in [-0.25, -0.2) is 4.98 Å². The molecule has 12 heteroatoms. The summed E-state index contributed by atoms with van der Waals surface area (Å²) in [5, 5.41) is 11.9. The fourth-order valence-electron chi connectivity index (χ4n) is 3.65. The molecule has 0 saturated carbocycles. The average Bonchev–Trinajstić information content (AvgIpc) is 3.22. The van der Waals surface area contributed by atoms with Crippen molar-refractivity contribution in [3.05, 3.63) is 41.2 Å². The van der Waals surface area contributed by atoms with E-state index in [0.29, 0.717) is 28.2 Å². The third-order valence-corrected chi connectivity index (χ3v) is 6.68. The highest BCUT2D eigenvalue weighted by Crippen LogP contribution is 2.28. The second-order valence-corrected chi connectivity index (χ2v) is 9.28. The van der Waals surface area contributed by atoms with Gasteiger partial charge in [-0.15, -0.1) is 5.16 Å². The standard InChI is InChI=1S/C23H27N5O6S/c1-13-10-24-18(14(2)20(13)34-6)12-35(32)23-26-17-9-15(33-5)7-8-19(17)28(23)22(30)16(11-25-31)21(29)27(3)4/h7-11,16,31H,12H2,1-6H3/b25-11+. The zero-order chi connectivity index (χ0) is 25.9. The number of carbonyl (C=O) groups excluding carboxylic acids is 2. The Morgan fingerprint density at radius 3 is 2.57 bits per heavy atom. The first-order valence-electron chi connectivity index (χ1n) is 10.5. The Hall–Kier alpha value is -3.80. The molecule has 0 bridgehead atoms. The molecule has 1 N–H and O–H groups in total. The predicted molar refractivity (Wildman–Crippen MR) is 130 cm³/mol. The number of oxime groups is 1. The molecule has 2 heterocycles. The summed E-state index contributed by atoms with van der Waals surface area (Å²) in [6.07, 6.45) is 2.46. The number of imidazole rings is 1. The molecule has 35 heavy (non-hydrogen) atoms. The minimum absolute atomic E-state index is 0.0450. The summed E-state index contributed by atoms with van der Waals surface area (Å²) in [5.41, 5.74) is 2.76. The third kappa shape index (κ3) is 5.02. The summed E-state index contributed by atoms with van der Waals surface area (Å²) in [6, 6.07) is 4.81. The van der Waals surface area contributed by atoms with Crippen molar-refractivity contribution in [2.75, 3.05) is 28.3 Å². The second-order valence-electron chi connectivity index (χ2n) is 7.93. The Morgan fingerprint density at radius 2 is 1.97 bits per heavy atom. The van der Waals surface area contributed by atoms with E-state index in [-0.39, 0.29) is 10.9 Å². The number of aryl methyl sites for hydroxylation is 1. The minimum atomic E-state index is -1.84. The molecule has 1 amide bonds. The number of rotatable bonds is 8. The number of carbonyl (C=O) groups is 2. The van der Waals surface area contributed by atoms with Gasteiger partial charge < -0.3 is 19.6 Å². The summed E-state index contributed by atoms with van der Waals surface area (Å²) in [4.78, 5) is 36.3. The van der Waals surface area contributed by atoms with Gasteiger partial charge in [0.15, 0.2) is 5.92 Å². The van der Waals surface area contributed by atoms with Crippen molar-refractivity contribution in [1.82, 2.24) is 19.4 Å². The Kier molecular flexibility index (Phi) is 7.85. The fraction of sp³-hybridized carbons (Fsp3) is 0.348. The number of hydrogen-bond acceptors (Lipinski definition) is 9. The van der Waals surface area contributed by atoms with E-state index in [1.165, 1.54) is 26.1 Å². The number of ether oxygens (including phenoxy) is 2. The van der Waals surface area contributed by atoms with E-state index in [0.717, 1.165) is 21.9 Å². The smallest absolute Gasteiger partial charge is 0.251 e. The van der Waals surface area contributed by atoms with Crippen LogP contribution in [0.25, 0.3) is 11.0 Å². The van der Waals surface area contributed by atoms with Crippen molar-refractivity contribution >= 4 is 39.9 Å². The quantitative estimate of drug-likeness (QED) is 0.215.